The van der Waals surface area contributed by atoms with Gasteiger partial charge in [0.25, 0.3) is 0 Å². The van der Waals surface area contributed by atoms with E-state index in [0.717, 1.165) is 25.9 Å². The summed E-state index contributed by atoms with van der Waals surface area (Å²) in [5.74, 6) is -0.143. The van der Waals surface area contributed by atoms with Crippen molar-refractivity contribution in [2.75, 3.05) is 33.3 Å². The first-order valence-corrected chi connectivity index (χ1v) is 6.54. The quantitative estimate of drug-likeness (QED) is 0.739. The van der Waals surface area contributed by atoms with Gasteiger partial charge >= 0.3 is 5.97 Å². The zero-order valence-electron chi connectivity index (χ0n) is 11.6. The standard InChI is InChI=1S/C13H24N2O3/c1-13(2,12(17)18-3)10-14-9-11(16)15-7-5-4-6-8-15/h14H,4-10H2,1-3H3. The second-order valence-corrected chi connectivity index (χ2v) is 5.42. The second kappa shape index (κ2) is 6.73. The molecule has 1 heterocycles. The number of amides is 1. The van der Waals surface area contributed by atoms with Gasteiger partial charge in [0, 0.05) is 19.6 Å². The van der Waals surface area contributed by atoms with Crippen LogP contribution in [0.5, 0.6) is 0 Å². The Kier molecular flexibility index (Phi) is 5.59. The summed E-state index contributed by atoms with van der Waals surface area (Å²) in [6.45, 7) is 6.07. The van der Waals surface area contributed by atoms with Crippen LogP contribution in [0.4, 0.5) is 0 Å². The Labute approximate surface area is 109 Å². The third-order valence-electron chi connectivity index (χ3n) is 3.29. The minimum atomic E-state index is -0.600. The molecule has 18 heavy (non-hydrogen) atoms. The van der Waals surface area contributed by atoms with Crippen LogP contribution in [0, 0.1) is 5.41 Å². The van der Waals surface area contributed by atoms with E-state index in [0.29, 0.717) is 13.1 Å². The lowest BCUT2D eigenvalue weighted by molar-refractivity contribution is -0.150. The summed E-state index contributed by atoms with van der Waals surface area (Å²) < 4.78 is 4.71. The number of esters is 1. The molecule has 0 aromatic rings. The summed E-state index contributed by atoms with van der Waals surface area (Å²) in [6.07, 6.45) is 3.41. The van der Waals surface area contributed by atoms with E-state index >= 15 is 0 Å². The molecule has 5 nitrogen and oxygen atoms in total. The van der Waals surface area contributed by atoms with Gasteiger partial charge in [-0.1, -0.05) is 0 Å². The van der Waals surface area contributed by atoms with Gasteiger partial charge in [0.2, 0.25) is 5.91 Å². The summed E-state index contributed by atoms with van der Waals surface area (Å²) in [5, 5.41) is 3.05. The molecule has 1 rings (SSSR count). The first-order valence-electron chi connectivity index (χ1n) is 6.54. The van der Waals surface area contributed by atoms with Crippen LogP contribution in [-0.4, -0.2) is 50.1 Å². The number of rotatable bonds is 5. The van der Waals surface area contributed by atoms with Crippen LogP contribution in [0.3, 0.4) is 0 Å². The smallest absolute Gasteiger partial charge is 0.312 e. The lowest BCUT2D eigenvalue weighted by atomic mass is 9.94. The van der Waals surface area contributed by atoms with Crippen LogP contribution in [0.25, 0.3) is 0 Å². The van der Waals surface area contributed by atoms with E-state index in [2.05, 4.69) is 5.32 Å². The van der Waals surface area contributed by atoms with E-state index < -0.39 is 5.41 Å². The van der Waals surface area contributed by atoms with E-state index in [1.165, 1.54) is 13.5 Å². The number of piperidine rings is 1. The highest BCUT2D eigenvalue weighted by molar-refractivity contribution is 5.79. The van der Waals surface area contributed by atoms with E-state index in [1.807, 2.05) is 4.90 Å². The van der Waals surface area contributed by atoms with Crippen molar-refractivity contribution in [2.24, 2.45) is 5.41 Å². The number of nitrogens with zero attached hydrogens (tertiary/aromatic N) is 1. The summed E-state index contributed by atoms with van der Waals surface area (Å²) in [7, 11) is 1.38. The molecule has 0 saturated carbocycles. The van der Waals surface area contributed by atoms with E-state index in [1.54, 1.807) is 13.8 Å². The number of carbonyl (C=O) groups excluding carboxylic acids is 2. The predicted octanol–water partition coefficient (Wildman–Crippen LogP) is 0.788. The molecular weight excluding hydrogens is 232 g/mol. The van der Waals surface area contributed by atoms with Gasteiger partial charge < -0.3 is 15.0 Å². The number of hydrogen-bond donors (Lipinski definition) is 1. The zero-order chi connectivity index (χ0) is 13.6. The molecule has 5 heteroatoms. The molecule has 0 radical (unpaired) electrons. The maximum Gasteiger partial charge on any atom is 0.312 e. The number of carbonyl (C=O) groups is 2. The van der Waals surface area contributed by atoms with Gasteiger partial charge in [0.1, 0.15) is 0 Å². The Bertz CT molecular complexity index is 297. The number of likely N-dealkylation sites (tertiary alicyclic amines) is 1. The van der Waals surface area contributed by atoms with Crippen molar-refractivity contribution in [2.45, 2.75) is 33.1 Å². The fourth-order valence-corrected chi connectivity index (χ4v) is 2.09. The Morgan fingerprint density at radius 1 is 1.22 bits per heavy atom. The zero-order valence-corrected chi connectivity index (χ0v) is 11.6. The van der Waals surface area contributed by atoms with Crippen LogP contribution in [0.1, 0.15) is 33.1 Å². The average molecular weight is 256 g/mol. The first kappa shape index (κ1) is 15.0. The normalized spacial score (nSPS) is 16.5. The number of methoxy groups -OCH3 is 1. The van der Waals surface area contributed by atoms with Crippen LogP contribution in [-0.2, 0) is 14.3 Å². The van der Waals surface area contributed by atoms with Crippen molar-refractivity contribution in [3.05, 3.63) is 0 Å². The molecule has 0 aromatic carbocycles. The highest BCUT2D eigenvalue weighted by atomic mass is 16.5. The fourth-order valence-electron chi connectivity index (χ4n) is 2.09. The topological polar surface area (TPSA) is 58.6 Å². The van der Waals surface area contributed by atoms with Crippen molar-refractivity contribution in [1.82, 2.24) is 10.2 Å². The summed E-state index contributed by atoms with van der Waals surface area (Å²) in [5.41, 5.74) is -0.600. The van der Waals surface area contributed by atoms with Crippen LogP contribution in [0.2, 0.25) is 0 Å². The van der Waals surface area contributed by atoms with E-state index in [4.69, 9.17) is 4.74 Å². The molecule has 0 spiro atoms. The van der Waals surface area contributed by atoms with Gasteiger partial charge in [0.05, 0.1) is 19.1 Å². The maximum atomic E-state index is 11.9. The largest absolute Gasteiger partial charge is 0.469 e. The van der Waals surface area contributed by atoms with Crippen LogP contribution < -0.4 is 5.32 Å². The van der Waals surface area contributed by atoms with Crippen LogP contribution >= 0.6 is 0 Å². The van der Waals surface area contributed by atoms with Gasteiger partial charge in [-0.05, 0) is 33.1 Å². The van der Waals surface area contributed by atoms with Gasteiger partial charge in [-0.2, -0.15) is 0 Å². The molecule has 1 aliphatic rings. The predicted molar refractivity (Wildman–Crippen MR) is 69.1 cm³/mol. The molecule has 1 amide bonds. The first-order chi connectivity index (χ1) is 8.47. The molecule has 1 N–H and O–H groups in total. The fraction of sp³-hybridized carbons (Fsp3) is 0.846. The van der Waals surface area contributed by atoms with Crippen molar-refractivity contribution < 1.29 is 14.3 Å². The third kappa shape index (κ3) is 4.29. The molecule has 1 aliphatic heterocycles. The molecule has 1 saturated heterocycles. The minimum absolute atomic E-state index is 0.121. The van der Waals surface area contributed by atoms with Crippen molar-refractivity contribution in [3.63, 3.8) is 0 Å². The van der Waals surface area contributed by atoms with Gasteiger partial charge in [-0.25, -0.2) is 0 Å². The number of hydrogen-bond acceptors (Lipinski definition) is 4. The third-order valence-corrected chi connectivity index (χ3v) is 3.29. The molecule has 0 atom stereocenters. The molecular formula is C13H24N2O3. The molecule has 104 valence electrons. The molecule has 0 aromatic heterocycles. The van der Waals surface area contributed by atoms with Crippen molar-refractivity contribution >= 4 is 11.9 Å². The summed E-state index contributed by atoms with van der Waals surface area (Å²) in [4.78, 5) is 25.2. The molecule has 0 bridgehead atoms. The van der Waals surface area contributed by atoms with E-state index in [9.17, 15) is 9.59 Å². The lowest BCUT2D eigenvalue weighted by Gasteiger charge is -2.27. The second-order valence-electron chi connectivity index (χ2n) is 5.42. The molecule has 0 aliphatic carbocycles. The van der Waals surface area contributed by atoms with Crippen molar-refractivity contribution in [1.29, 1.82) is 0 Å². The van der Waals surface area contributed by atoms with Crippen molar-refractivity contribution in [3.8, 4) is 0 Å². The minimum Gasteiger partial charge on any atom is -0.469 e. The monoisotopic (exact) mass is 256 g/mol. The number of nitrogens with one attached hydrogen (secondary N) is 1. The molecule has 0 unspecified atom stereocenters. The number of ether oxygens (including phenoxy) is 1. The summed E-state index contributed by atoms with van der Waals surface area (Å²) in [6, 6.07) is 0. The summed E-state index contributed by atoms with van der Waals surface area (Å²) >= 11 is 0. The Hall–Kier alpha value is -1.10. The lowest BCUT2D eigenvalue weighted by Crippen LogP contribution is -2.44. The van der Waals surface area contributed by atoms with Crippen LogP contribution in [0.15, 0.2) is 0 Å². The van der Waals surface area contributed by atoms with Gasteiger partial charge in [0.15, 0.2) is 0 Å². The van der Waals surface area contributed by atoms with E-state index in [-0.39, 0.29) is 11.9 Å². The SMILES string of the molecule is COC(=O)C(C)(C)CNCC(=O)N1CCCCC1. The highest BCUT2D eigenvalue weighted by Crippen LogP contribution is 2.15. The Morgan fingerprint density at radius 2 is 1.83 bits per heavy atom. The maximum absolute atomic E-state index is 11.9. The highest BCUT2D eigenvalue weighted by Gasteiger charge is 2.28. The molecule has 1 fully saturated rings. The van der Waals surface area contributed by atoms with Gasteiger partial charge in [-0.3, -0.25) is 9.59 Å². The Morgan fingerprint density at radius 3 is 2.39 bits per heavy atom. The van der Waals surface area contributed by atoms with Gasteiger partial charge in [-0.15, -0.1) is 0 Å². The average Bonchev–Trinajstić information content (AvgIpc) is 2.38. The Balaban J connectivity index is 2.28.